The Hall–Kier alpha value is -1.68. The van der Waals surface area contributed by atoms with Gasteiger partial charge in [0.15, 0.2) is 0 Å². The van der Waals surface area contributed by atoms with E-state index in [9.17, 15) is 9.90 Å². The molecule has 2 heterocycles. The maximum atomic E-state index is 11.5. The summed E-state index contributed by atoms with van der Waals surface area (Å²) in [7, 11) is 0. The lowest BCUT2D eigenvalue weighted by molar-refractivity contribution is -0.139. The average Bonchev–Trinajstić information content (AvgIpc) is 3.13. The first-order valence-corrected chi connectivity index (χ1v) is 7.32. The van der Waals surface area contributed by atoms with Crippen LogP contribution >= 0.6 is 0 Å². The molecule has 0 amide bonds. The number of benzene rings is 1. The van der Waals surface area contributed by atoms with Crippen molar-refractivity contribution < 1.29 is 9.90 Å². The largest absolute Gasteiger partial charge is 0.480 e. The third-order valence-electron chi connectivity index (χ3n) is 5.39. The summed E-state index contributed by atoms with van der Waals surface area (Å²) in [6.45, 7) is 0. The van der Waals surface area contributed by atoms with Crippen molar-refractivity contribution in [1.82, 2.24) is 5.32 Å². The number of hydrogen-bond acceptors (Lipinski definition) is 3. The molecule has 2 N–H and O–H groups in total. The summed E-state index contributed by atoms with van der Waals surface area (Å²) < 4.78 is 0. The normalized spacial score (nSPS) is 33.1. The molecule has 3 aliphatic rings. The molecule has 0 aromatic heterocycles. The fraction of sp³-hybridized carbons (Fsp3) is 0.500. The van der Waals surface area contributed by atoms with E-state index in [1.165, 1.54) is 5.56 Å². The predicted octanol–water partition coefficient (Wildman–Crippen LogP) is 2.40. The highest BCUT2D eigenvalue weighted by atomic mass is 16.4. The van der Waals surface area contributed by atoms with Crippen molar-refractivity contribution in [1.29, 1.82) is 0 Å². The van der Waals surface area contributed by atoms with Crippen molar-refractivity contribution in [3.63, 3.8) is 0 Å². The van der Waals surface area contributed by atoms with Crippen molar-refractivity contribution in [2.75, 3.05) is 0 Å². The summed E-state index contributed by atoms with van der Waals surface area (Å²) in [6, 6.07) is 7.70. The molecular weight excluding hydrogens is 252 g/mol. The van der Waals surface area contributed by atoms with Crippen LogP contribution in [0.2, 0.25) is 0 Å². The molecule has 2 aliphatic heterocycles. The number of rotatable bonds is 1. The minimum Gasteiger partial charge on any atom is -0.480 e. The van der Waals surface area contributed by atoms with E-state index in [-0.39, 0.29) is 11.0 Å². The van der Waals surface area contributed by atoms with Crippen LogP contribution in [0.5, 0.6) is 0 Å². The van der Waals surface area contributed by atoms with Gasteiger partial charge in [-0.2, -0.15) is 0 Å². The van der Waals surface area contributed by atoms with Gasteiger partial charge in [0.1, 0.15) is 6.04 Å². The number of aliphatic imine (C=N–C) groups is 1. The van der Waals surface area contributed by atoms with Gasteiger partial charge in [-0.05, 0) is 30.9 Å². The van der Waals surface area contributed by atoms with Crippen LogP contribution < -0.4 is 5.32 Å². The highest BCUT2D eigenvalue weighted by Gasteiger charge is 2.61. The molecule has 4 rings (SSSR count). The Labute approximate surface area is 117 Å². The second kappa shape index (κ2) is 3.92. The van der Waals surface area contributed by atoms with E-state index < -0.39 is 12.0 Å². The van der Waals surface area contributed by atoms with Crippen molar-refractivity contribution in [2.24, 2.45) is 4.99 Å². The monoisotopic (exact) mass is 270 g/mol. The number of para-hydroxylation sites is 1. The fourth-order valence-corrected chi connectivity index (χ4v) is 4.51. The minimum absolute atomic E-state index is 0.119. The molecule has 2 fully saturated rings. The number of carboxylic acid groups (broad SMARTS) is 1. The predicted molar refractivity (Wildman–Crippen MR) is 76.6 cm³/mol. The Balaban J connectivity index is 1.87. The van der Waals surface area contributed by atoms with E-state index in [2.05, 4.69) is 16.4 Å². The first-order chi connectivity index (χ1) is 9.67. The van der Waals surface area contributed by atoms with Gasteiger partial charge in [-0.3, -0.25) is 15.1 Å². The van der Waals surface area contributed by atoms with Crippen LogP contribution in [0, 0.1) is 0 Å². The molecule has 2 unspecified atom stereocenters. The molecule has 1 aliphatic carbocycles. The zero-order chi connectivity index (χ0) is 13.8. The first kappa shape index (κ1) is 12.1. The maximum Gasteiger partial charge on any atom is 0.320 e. The second-order valence-electron chi connectivity index (χ2n) is 6.28. The van der Waals surface area contributed by atoms with Gasteiger partial charge in [0.05, 0.1) is 11.1 Å². The van der Waals surface area contributed by atoms with E-state index in [1.54, 1.807) is 0 Å². The highest BCUT2D eigenvalue weighted by Crippen LogP contribution is 2.55. The van der Waals surface area contributed by atoms with Crippen molar-refractivity contribution in [3.8, 4) is 0 Å². The molecule has 1 saturated carbocycles. The van der Waals surface area contributed by atoms with Gasteiger partial charge in [0, 0.05) is 11.8 Å². The number of hydrogen-bond donors (Lipinski definition) is 2. The zero-order valence-electron chi connectivity index (χ0n) is 11.3. The Morgan fingerprint density at radius 3 is 2.80 bits per heavy atom. The Kier molecular flexibility index (Phi) is 2.37. The van der Waals surface area contributed by atoms with E-state index >= 15 is 0 Å². The number of carboxylic acids is 1. The quantitative estimate of drug-likeness (QED) is 0.823. The van der Waals surface area contributed by atoms with E-state index in [1.807, 2.05) is 24.4 Å². The van der Waals surface area contributed by atoms with Gasteiger partial charge in [-0.25, -0.2) is 0 Å². The van der Waals surface area contributed by atoms with Crippen LogP contribution in [0.3, 0.4) is 0 Å². The molecule has 2 spiro atoms. The first-order valence-electron chi connectivity index (χ1n) is 7.32. The Bertz CT molecular complexity index is 604. The van der Waals surface area contributed by atoms with Crippen molar-refractivity contribution in [3.05, 3.63) is 29.8 Å². The topological polar surface area (TPSA) is 61.7 Å². The molecular formula is C16H18N2O2. The van der Waals surface area contributed by atoms with Gasteiger partial charge < -0.3 is 5.11 Å². The molecule has 1 aromatic carbocycles. The molecule has 2 atom stereocenters. The van der Waals surface area contributed by atoms with Crippen LogP contribution in [-0.2, 0) is 10.2 Å². The summed E-state index contributed by atoms with van der Waals surface area (Å²) >= 11 is 0. The fourth-order valence-electron chi connectivity index (χ4n) is 4.51. The lowest BCUT2D eigenvalue weighted by Gasteiger charge is -2.39. The smallest absolute Gasteiger partial charge is 0.320 e. The van der Waals surface area contributed by atoms with Crippen LogP contribution in [0.1, 0.15) is 37.7 Å². The van der Waals surface area contributed by atoms with Gasteiger partial charge in [-0.15, -0.1) is 0 Å². The summed E-state index contributed by atoms with van der Waals surface area (Å²) in [5, 5.41) is 12.9. The van der Waals surface area contributed by atoms with Crippen molar-refractivity contribution in [2.45, 2.75) is 49.1 Å². The summed E-state index contributed by atoms with van der Waals surface area (Å²) in [6.07, 6.45) is 7.05. The summed E-state index contributed by atoms with van der Waals surface area (Å²) in [4.78, 5) is 16.1. The lowest BCUT2D eigenvalue weighted by atomic mass is 9.66. The van der Waals surface area contributed by atoms with Crippen LogP contribution in [0.25, 0.3) is 0 Å². The Morgan fingerprint density at radius 2 is 2.05 bits per heavy atom. The van der Waals surface area contributed by atoms with Gasteiger partial charge in [-0.1, -0.05) is 31.0 Å². The zero-order valence-corrected chi connectivity index (χ0v) is 11.3. The molecule has 4 heteroatoms. The molecule has 20 heavy (non-hydrogen) atoms. The van der Waals surface area contributed by atoms with Gasteiger partial charge in [0.25, 0.3) is 0 Å². The molecule has 104 valence electrons. The van der Waals surface area contributed by atoms with E-state index in [0.717, 1.165) is 31.4 Å². The molecule has 1 saturated heterocycles. The second-order valence-corrected chi connectivity index (χ2v) is 6.28. The van der Waals surface area contributed by atoms with Crippen LogP contribution in [-0.4, -0.2) is 28.9 Å². The number of fused-ring (bicyclic) bond motifs is 3. The Morgan fingerprint density at radius 1 is 1.30 bits per heavy atom. The van der Waals surface area contributed by atoms with Crippen molar-refractivity contribution >= 4 is 17.9 Å². The molecule has 4 nitrogen and oxygen atoms in total. The number of aliphatic carboxylic acids is 1. The SMILES string of the molecule is O=C(O)C1CC2(C=Nc3ccccc32)C2(CCCC2)N1. The van der Waals surface area contributed by atoms with Gasteiger partial charge in [0.2, 0.25) is 0 Å². The van der Waals surface area contributed by atoms with Crippen LogP contribution in [0.15, 0.2) is 29.3 Å². The average molecular weight is 270 g/mol. The summed E-state index contributed by atoms with van der Waals surface area (Å²) in [5.74, 6) is -0.745. The maximum absolute atomic E-state index is 11.5. The standard InChI is InChI=1S/C16H18N2O2/c19-14(20)13-9-15(16(18-13)7-3-4-8-16)10-17-12-6-2-1-5-11(12)15/h1-2,5-6,10,13,18H,3-4,7-9H2,(H,19,20). The molecule has 1 aromatic rings. The molecule has 0 bridgehead atoms. The molecule has 0 radical (unpaired) electrons. The van der Waals surface area contributed by atoms with E-state index in [4.69, 9.17) is 0 Å². The third-order valence-corrected chi connectivity index (χ3v) is 5.39. The van der Waals surface area contributed by atoms with Crippen LogP contribution in [0.4, 0.5) is 5.69 Å². The number of carbonyl (C=O) groups is 1. The highest BCUT2D eigenvalue weighted by molar-refractivity contribution is 5.90. The lowest BCUT2D eigenvalue weighted by Crippen LogP contribution is -2.53. The number of nitrogens with one attached hydrogen (secondary N) is 1. The number of nitrogens with zero attached hydrogens (tertiary/aromatic N) is 1. The van der Waals surface area contributed by atoms with Gasteiger partial charge >= 0.3 is 5.97 Å². The van der Waals surface area contributed by atoms with E-state index in [0.29, 0.717) is 6.42 Å². The summed E-state index contributed by atoms with van der Waals surface area (Å²) in [5.41, 5.74) is 1.86. The minimum atomic E-state index is -0.745. The third kappa shape index (κ3) is 1.35.